The van der Waals surface area contributed by atoms with Gasteiger partial charge in [-0.25, -0.2) is 9.18 Å². The molecule has 118 valence electrons. The van der Waals surface area contributed by atoms with Crippen LogP contribution in [0.4, 0.5) is 9.18 Å². The number of urea groups is 1. The van der Waals surface area contributed by atoms with Crippen LogP contribution in [0.2, 0.25) is 5.02 Å². The molecule has 0 aliphatic carbocycles. The number of aryl methyl sites for hydroxylation is 1. The summed E-state index contributed by atoms with van der Waals surface area (Å²) in [7, 11) is 0. The lowest BCUT2D eigenvalue weighted by Gasteiger charge is -2.31. The van der Waals surface area contributed by atoms with Crippen LogP contribution in [-0.4, -0.2) is 35.5 Å². The molecule has 0 bridgehead atoms. The zero-order valence-electron chi connectivity index (χ0n) is 12.2. The van der Waals surface area contributed by atoms with Crippen molar-refractivity contribution >= 4 is 23.5 Å². The van der Waals surface area contributed by atoms with Gasteiger partial charge in [0.2, 0.25) is 0 Å². The molecule has 2 heterocycles. The van der Waals surface area contributed by atoms with E-state index in [0.717, 1.165) is 4.90 Å². The third kappa shape index (κ3) is 2.36. The number of hydrogen-bond acceptors (Lipinski definition) is 3. The average Bonchev–Trinajstić information content (AvgIpc) is 2.72. The Morgan fingerprint density at radius 3 is 2.68 bits per heavy atom. The Bertz CT molecular complexity index is 644. The third-order valence-electron chi connectivity index (χ3n) is 4.40. The van der Waals surface area contributed by atoms with E-state index < -0.39 is 17.4 Å². The van der Waals surface area contributed by atoms with Gasteiger partial charge in [0.15, 0.2) is 0 Å². The van der Waals surface area contributed by atoms with Crippen LogP contribution in [0.3, 0.4) is 0 Å². The van der Waals surface area contributed by atoms with Crippen LogP contribution in [0.5, 0.6) is 0 Å². The first-order valence-electron chi connectivity index (χ1n) is 7.23. The molecule has 2 aliphatic rings. The third-order valence-corrected chi connectivity index (χ3v) is 4.75. The van der Waals surface area contributed by atoms with Crippen LogP contribution < -0.4 is 10.6 Å². The molecule has 1 spiro atoms. The van der Waals surface area contributed by atoms with E-state index in [4.69, 9.17) is 11.6 Å². The Morgan fingerprint density at radius 1 is 1.32 bits per heavy atom. The lowest BCUT2D eigenvalue weighted by molar-refractivity contribution is -0.132. The summed E-state index contributed by atoms with van der Waals surface area (Å²) in [4.78, 5) is 25.9. The van der Waals surface area contributed by atoms with Crippen molar-refractivity contribution in [2.45, 2.75) is 31.8 Å². The molecule has 0 saturated carbocycles. The van der Waals surface area contributed by atoms with Gasteiger partial charge in [0, 0.05) is 10.6 Å². The van der Waals surface area contributed by atoms with E-state index in [1.54, 1.807) is 19.1 Å². The predicted molar refractivity (Wildman–Crippen MR) is 80.1 cm³/mol. The molecule has 3 rings (SSSR count). The Hall–Kier alpha value is -1.66. The molecule has 1 aromatic carbocycles. The molecule has 0 radical (unpaired) electrons. The van der Waals surface area contributed by atoms with Crippen molar-refractivity contribution in [1.29, 1.82) is 0 Å². The van der Waals surface area contributed by atoms with Crippen LogP contribution in [0.1, 0.15) is 24.0 Å². The topological polar surface area (TPSA) is 61.4 Å². The van der Waals surface area contributed by atoms with Gasteiger partial charge in [-0.3, -0.25) is 9.69 Å². The molecular formula is C15H17ClFN3O2. The summed E-state index contributed by atoms with van der Waals surface area (Å²) in [5, 5.41) is 6.15. The lowest BCUT2D eigenvalue weighted by atomic mass is 9.88. The minimum Gasteiger partial charge on any atom is -0.323 e. The van der Waals surface area contributed by atoms with E-state index in [9.17, 15) is 14.0 Å². The monoisotopic (exact) mass is 325 g/mol. The van der Waals surface area contributed by atoms with Crippen molar-refractivity contribution in [3.63, 3.8) is 0 Å². The maximum Gasteiger partial charge on any atom is 0.325 e. The minimum atomic E-state index is -0.852. The van der Waals surface area contributed by atoms with Crippen LogP contribution in [0.15, 0.2) is 12.1 Å². The first-order valence-corrected chi connectivity index (χ1v) is 7.61. The second-order valence-corrected chi connectivity index (χ2v) is 6.22. The number of rotatable bonds is 2. The molecule has 3 amide bonds. The van der Waals surface area contributed by atoms with Crippen molar-refractivity contribution in [2.24, 2.45) is 0 Å². The number of halogens is 2. The molecule has 0 aromatic heterocycles. The summed E-state index contributed by atoms with van der Waals surface area (Å²) in [6.45, 7) is 2.81. The molecule has 2 fully saturated rings. The van der Waals surface area contributed by atoms with Gasteiger partial charge in [-0.2, -0.15) is 0 Å². The highest BCUT2D eigenvalue weighted by Gasteiger charge is 2.51. The Morgan fingerprint density at radius 2 is 2.00 bits per heavy atom. The number of carbonyl (C=O) groups excluding carboxylic acids is 2. The molecule has 0 atom stereocenters. The highest BCUT2D eigenvalue weighted by Crippen LogP contribution is 2.30. The molecule has 22 heavy (non-hydrogen) atoms. The fourth-order valence-electron chi connectivity index (χ4n) is 3.03. The molecular weight excluding hydrogens is 309 g/mol. The van der Waals surface area contributed by atoms with Crippen molar-refractivity contribution in [1.82, 2.24) is 15.5 Å². The quantitative estimate of drug-likeness (QED) is 0.817. The summed E-state index contributed by atoms with van der Waals surface area (Å²) in [6.07, 6.45) is 1.08. The van der Waals surface area contributed by atoms with Gasteiger partial charge in [-0.15, -0.1) is 0 Å². The summed E-state index contributed by atoms with van der Waals surface area (Å²) >= 11 is 6.03. The fraction of sp³-hybridized carbons (Fsp3) is 0.467. The zero-order chi connectivity index (χ0) is 15.9. The molecule has 7 heteroatoms. The van der Waals surface area contributed by atoms with Gasteiger partial charge >= 0.3 is 6.03 Å². The van der Waals surface area contributed by atoms with Crippen LogP contribution in [0.25, 0.3) is 0 Å². The summed E-state index contributed by atoms with van der Waals surface area (Å²) in [5.41, 5.74) is -0.242. The van der Waals surface area contributed by atoms with Crippen LogP contribution in [-0.2, 0) is 11.3 Å². The first-order chi connectivity index (χ1) is 10.4. The lowest BCUT2D eigenvalue weighted by Crippen LogP contribution is -2.53. The van der Waals surface area contributed by atoms with Gasteiger partial charge in [-0.1, -0.05) is 17.7 Å². The van der Waals surface area contributed by atoms with Gasteiger partial charge in [0.25, 0.3) is 5.91 Å². The number of hydrogen-bond donors (Lipinski definition) is 2. The molecule has 5 nitrogen and oxygen atoms in total. The number of imide groups is 1. The normalized spacial score (nSPS) is 20.6. The van der Waals surface area contributed by atoms with Gasteiger partial charge in [0.1, 0.15) is 11.4 Å². The van der Waals surface area contributed by atoms with E-state index in [0.29, 0.717) is 31.5 Å². The Balaban J connectivity index is 1.89. The van der Waals surface area contributed by atoms with E-state index >= 15 is 0 Å². The van der Waals surface area contributed by atoms with E-state index in [1.807, 2.05) is 0 Å². The molecule has 2 aliphatic heterocycles. The van der Waals surface area contributed by atoms with Crippen molar-refractivity contribution < 1.29 is 14.0 Å². The maximum atomic E-state index is 14.2. The average molecular weight is 326 g/mol. The second-order valence-electron chi connectivity index (χ2n) is 5.81. The summed E-state index contributed by atoms with van der Waals surface area (Å²) in [5.74, 6) is -0.768. The molecule has 0 unspecified atom stereocenters. The van der Waals surface area contributed by atoms with Crippen LogP contribution in [0, 0.1) is 12.7 Å². The predicted octanol–water partition coefficient (Wildman–Crippen LogP) is 1.96. The fourth-order valence-corrected chi connectivity index (χ4v) is 3.24. The Labute approximate surface area is 132 Å². The number of carbonyl (C=O) groups is 2. The molecule has 1 aromatic rings. The minimum absolute atomic E-state index is 0.147. The number of nitrogens with one attached hydrogen (secondary N) is 2. The second kappa shape index (κ2) is 5.52. The highest BCUT2D eigenvalue weighted by atomic mass is 35.5. The largest absolute Gasteiger partial charge is 0.325 e. The maximum absolute atomic E-state index is 14.2. The number of piperidine rings is 1. The van der Waals surface area contributed by atoms with Gasteiger partial charge in [-0.05, 0) is 44.5 Å². The van der Waals surface area contributed by atoms with E-state index in [2.05, 4.69) is 10.6 Å². The standard InChI is InChI=1S/C15H17ClFN3O2/c1-9-2-3-11(16)10(12(9)17)8-20-13(21)15(19-14(20)22)4-6-18-7-5-15/h2-3,18H,4-8H2,1H3,(H,19,22). The first kappa shape index (κ1) is 15.2. The number of benzene rings is 1. The smallest absolute Gasteiger partial charge is 0.323 e. The zero-order valence-corrected chi connectivity index (χ0v) is 13.0. The number of nitrogens with zero attached hydrogens (tertiary/aromatic N) is 1. The Kier molecular flexibility index (Phi) is 3.82. The van der Waals surface area contributed by atoms with Crippen molar-refractivity contribution in [3.05, 3.63) is 34.1 Å². The van der Waals surface area contributed by atoms with Crippen LogP contribution >= 0.6 is 11.6 Å². The van der Waals surface area contributed by atoms with Crippen molar-refractivity contribution in [3.8, 4) is 0 Å². The molecule has 2 saturated heterocycles. The van der Waals surface area contributed by atoms with Crippen molar-refractivity contribution in [2.75, 3.05) is 13.1 Å². The molecule has 2 N–H and O–H groups in total. The summed E-state index contributed by atoms with van der Waals surface area (Å²) in [6, 6.07) is 2.67. The summed E-state index contributed by atoms with van der Waals surface area (Å²) < 4.78 is 14.2. The van der Waals surface area contributed by atoms with Gasteiger partial charge < -0.3 is 10.6 Å². The van der Waals surface area contributed by atoms with E-state index in [-0.39, 0.29) is 23.0 Å². The SMILES string of the molecule is Cc1ccc(Cl)c(CN2C(=O)NC3(CCNCC3)C2=O)c1F. The highest BCUT2D eigenvalue weighted by molar-refractivity contribution is 6.31. The number of amides is 3. The van der Waals surface area contributed by atoms with Gasteiger partial charge in [0.05, 0.1) is 6.54 Å². The van der Waals surface area contributed by atoms with E-state index in [1.165, 1.54) is 0 Å².